The van der Waals surface area contributed by atoms with Gasteiger partial charge in [0.05, 0.1) is 13.2 Å². The number of ether oxygens (including phenoxy) is 3. The van der Waals surface area contributed by atoms with Crippen molar-refractivity contribution in [2.24, 2.45) is 10.2 Å². The fourth-order valence-electron chi connectivity index (χ4n) is 6.84. The first-order valence-corrected chi connectivity index (χ1v) is 18.6. The fourth-order valence-corrected chi connectivity index (χ4v) is 6.84. The Balaban J connectivity index is 1.06. The second-order valence-electron chi connectivity index (χ2n) is 14.0. The first kappa shape index (κ1) is 43.8. The number of halogens is 6. The summed E-state index contributed by atoms with van der Waals surface area (Å²) in [5.74, 6) is -6.04. The highest BCUT2D eigenvalue weighted by molar-refractivity contribution is 6.13. The Morgan fingerprint density at radius 3 is 1.21 bits per heavy atom. The first-order valence-electron chi connectivity index (χ1n) is 18.6. The summed E-state index contributed by atoms with van der Waals surface area (Å²) < 4.78 is 99.6. The Hall–Kier alpha value is -6.76. The van der Waals surface area contributed by atoms with Gasteiger partial charge in [0.25, 0.3) is 11.8 Å². The molecule has 13 nitrogen and oxygen atoms in total. The van der Waals surface area contributed by atoms with Crippen LogP contribution in [0.3, 0.4) is 0 Å². The Labute approximate surface area is 344 Å². The standard InChI is InChI=1S/C42H38F6N6O7/c1-23-19-29(31-37(55)49-35(27-11-7-5-8-12-27)51-53(31)39(57)41(43,44)45)20-24(2)33(23)60-17-15-59-16-18-61-34-25(3)21-30(22-26(34)4)32-38(56)50-36(28-13-9-6-10-14-28)52-54(32)40(58)42(46,47)48/h5-14,19-22,31-32H,15-18H2,1-4H3,(H,49,51,55)(H,50,52,56). The third-order valence-corrected chi connectivity index (χ3v) is 9.43. The van der Waals surface area contributed by atoms with E-state index in [0.29, 0.717) is 44.9 Å². The Bertz CT molecular complexity index is 2180. The number of hydrazone groups is 2. The van der Waals surface area contributed by atoms with E-state index in [9.17, 15) is 45.5 Å². The van der Waals surface area contributed by atoms with Crippen molar-refractivity contribution in [3.05, 3.63) is 129 Å². The first-order chi connectivity index (χ1) is 28.8. The molecular formula is C42H38F6N6O7. The lowest BCUT2D eigenvalue weighted by Gasteiger charge is -2.32. The number of amides is 4. The zero-order chi connectivity index (χ0) is 44.2. The molecule has 2 heterocycles. The van der Waals surface area contributed by atoms with E-state index in [1.54, 1.807) is 64.1 Å². The third kappa shape index (κ3) is 9.83. The van der Waals surface area contributed by atoms with E-state index < -0.39 is 48.1 Å². The highest BCUT2D eigenvalue weighted by Gasteiger charge is 2.50. The van der Waals surface area contributed by atoms with E-state index >= 15 is 0 Å². The number of hydrogen-bond acceptors (Lipinski definition) is 9. The lowest BCUT2D eigenvalue weighted by molar-refractivity contribution is -0.189. The van der Waals surface area contributed by atoms with Crippen molar-refractivity contribution in [3.63, 3.8) is 0 Å². The number of rotatable bonds is 12. The van der Waals surface area contributed by atoms with Gasteiger partial charge in [-0.1, -0.05) is 60.7 Å². The summed E-state index contributed by atoms with van der Waals surface area (Å²) in [6.07, 6.45) is -10.6. The van der Waals surface area contributed by atoms with E-state index in [0.717, 1.165) is 0 Å². The monoisotopic (exact) mass is 852 g/mol. The van der Waals surface area contributed by atoms with Gasteiger partial charge in [-0.15, -0.1) is 0 Å². The van der Waals surface area contributed by atoms with E-state index in [1.165, 1.54) is 48.5 Å². The number of amidine groups is 2. The molecule has 4 amide bonds. The maximum atomic E-state index is 13.7. The van der Waals surface area contributed by atoms with Gasteiger partial charge in [-0.25, -0.2) is 10.0 Å². The largest absolute Gasteiger partial charge is 0.491 e. The second kappa shape index (κ2) is 17.8. The second-order valence-corrected chi connectivity index (χ2v) is 14.0. The van der Waals surface area contributed by atoms with Gasteiger partial charge in [-0.2, -0.15) is 36.5 Å². The van der Waals surface area contributed by atoms with Crippen LogP contribution in [-0.4, -0.2) is 84.1 Å². The van der Waals surface area contributed by atoms with Gasteiger partial charge in [0, 0.05) is 11.1 Å². The predicted octanol–water partition coefficient (Wildman–Crippen LogP) is 6.24. The summed E-state index contributed by atoms with van der Waals surface area (Å²) in [5, 5.41) is 13.1. The van der Waals surface area contributed by atoms with Crippen LogP contribution in [0.25, 0.3) is 0 Å². The molecule has 0 spiro atoms. The summed E-state index contributed by atoms with van der Waals surface area (Å²) >= 11 is 0. The number of nitrogens with one attached hydrogen (secondary N) is 2. The number of hydrogen-bond donors (Lipinski definition) is 2. The van der Waals surface area contributed by atoms with Crippen molar-refractivity contribution in [2.75, 3.05) is 26.4 Å². The molecule has 2 aliphatic heterocycles. The SMILES string of the molecule is Cc1cc(C2C(=O)NC(c3ccccc3)=NN2C(=O)C(F)(F)F)cc(C)c1OCCOCCOc1c(C)cc(C2C(=O)NC(c3ccccc3)=NN2C(=O)C(F)(F)F)cc1C. The minimum atomic E-state index is -5.31. The van der Waals surface area contributed by atoms with Crippen LogP contribution in [-0.2, 0) is 23.9 Å². The summed E-state index contributed by atoms with van der Waals surface area (Å²) in [7, 11) is 0. The molecule has 0 aromatic heterocycles. The van der Waals surface area contributed by atoms with E-state index in [2.05, 4.69) is 20.8 Å². The highest BCUT2D eigenvalue weighted by atomic mass is 19.4. The van der Waals surface area contributed by atoms with Crippen LogP contribution in [0.2, 0.25) is 0 Å². The van der Waals surface area contributed by atoms with Crippen LogP contribution in [0.5, 0.6) is 11.5 Å². The van der Waals surface area contributed by atoms with Gasteiger partial charge in [0.15, 0.2) is 23.8 Å². The Kier molecular flexibility index (Phi) is 12.8. The minimum absolute atomic E-state index is 0.0478. The molecule has 61 heavy (non-hydrogen) atoms. The molecule has 2 N–H and O–H groups in total. The molecule has 0 aliphatic carbocycles. The molecule has 0 radical (unpaired) electrons. The normalized spacial score (nSPS) is 17.0. The van der Waals surface area contributed by atoms with Gasteiger partial charge < -0.3 is 24.8 Å². The van der Waals surface area contributed by atoms with Gasteiger partial charge in [-0.05, 0) is 85.3 Å². The molecule has 4 aromatic carbocycles. The zero-order valence-electron chi connectivity index (χ0n) is 33.0. The van der Waals surface area contributed by atoms with Crippen LogP contribution in [0.15, 0.2) is 95.1 Å². The number of alkyl halides is 6. The Morgan fingerprint density at radius 2 is 0.902 bits per heavy atom. The fraction of sp³-hybridized carbons (Fsp3) is 0.286. The zero-order valence-corrected chi connectivity index (χ0v) is 33.0. The number of carbonyl (C=O) groups is 4. The van der Waals surface area contributed by atoms with E-state index in [4.69, 9.17) is 14.2 Å². The van der Waals surface area contributed by atoms with Crippen molar-refractivity contribution in [1.29, 1.82) is 0 Å². The van der Waals surface area contributed by atoms with Gasteiger partial charge in [0.1, 0.15) is 24.7 Å². The highest BCUT2D eigenvalue weighted by Crippen LogP contribution is 2.36. The van der Waals surface area contributed by atoms with Gasteiger partial charge in [-0.3, -0.25) is 19.2 Å². The third-order valence-electron chi connectivity index (χ3n) is 9.43. The van der Waals surface area contributed by atoms with Crippen molar-refractivity contribution in [3.8, 4) is 11.5 Å². The molecular weight excluding hydrogens is 814 g/mol. The summed E-state index contributed by atoms with van der Waals surface area (Å²) in [5.41, 5.74) is 2.66. The lowest BCUT2D eigenvalue weighted by atomic mass is 9.98. The molecule has 2 unspecified atom stereocenters. The molecule has 320 valence electrons. The number of nitrogens with zero attached hydrogens (tertiary/aromatic N) is 4. The summed E-state index contributed by atoms with van der Waals surface area (Å²) in [4.78, 5) is 51.6. The van der Waals surface area contributed by atoms with Crippen LogP contribution in [0.1, 0.15) is 56.6 Å². The smallest absolute Gasteiger partial charge is 0.473 e. The molecule has 2 atom stereocenters. The van der Waals surface area contributed by atoms with Crippen molar-refractivity contribution < 1.29 is 59.7 Å². The van der Waals surface area contributed by atoms with E-state index in [-0.39, 0.29) is 59.2 Å². The van der Waals surface area contributed by atoms with Gasteiger partial charge in [0.2, 0.25) is 0 Å². The van der Waals surface area contributed by atoms with Crippen LogP contribution < -0.4 is 20.1 Å². The van der Waals surface area contributed by atoms with Crippen molar-refractivity contribution >= 4 is 35.3 Å². The molecule has 19 heteroatoms. The van der Waals surface area contributed by atoms with Crippen LogP contribution >= 0.6 is 0 Å². The van der Waals surface area contributed by atoms with Crippen molar-refractivity contribution in [2.45, 2.75) is 52.1 Å². The molecule has 2 aliphatic rings. The minimum Gasteiger partial charge on any atom is -0.491 e. The predicted molar refractivity (Wildman–Crippen MR) is 207 cm³/mol. The average Bonchev–Trinajstić information content (AvgIpc) is 3.20. The molecule has 4 aromatic rings. The number of carbonyl (C=O) groups excluding carboxylic acids is 4. The molecule has 0 fully saturated rings. The number of aryl methyl sites for hydroxylation is 4. The van der Waals surface area contributed by atoms with Crippen molar-refractivity contribution in [1.82, 2.24) is 20.7 Å². The Morgan fingerprint density at radius 1 is 0.574 bits per heavy atom. The lowest BCUT2D eigenvalue weighted by Crippen LogP contribution is -2.52. The topological polar surface area (TPSA) is 151 Å². The van der Waals surface area contributed by atoms with Gasteiger partial charge >= 0.3 is 24.2 Å². The molecule has 0 bridgehead atoms. The molecule has 0 saturated carbocycles. The molecule has 6 rings (SSSR count). The summed E-state index contributed by atoms with van der Waals surface area (Å²) in [6, 6.07) is 18.2. The maximum absolute atomic E-state index is 13.7. The maximum Gasteiger partial charge on any atom is 0.473 e. The quantitative estimate of drug-likeness (QED) is 0.127. The van der Waals surface area contributed by atoms with E-state index in [1.807, 2.05) is 0 Å². The van der Waals surface area contributed by atoms with Crippen LogP contribution in [0.4, 0.5) is 26.3 Å². The number of benzene rings is 4. The summed E-state index contributed by atoms with van der Waals surface area (Å²) in [6.45, 7) is 6.80. The molecule has 0 saturated heterocycles. The average molecular weight is 853 g/mol. The van der Waals surface area contributed by atoms with Crippen LogP contribution in [0, 0.1) is 27.7 Å².